The van der Waals surface area contributed by atoms with Gasteiger partial charge >= 0.3 is 0 Å². The monoisotopic (exact) mass is 307 g/mol. The van der Waals surface area contributed by atoms with Crippen molar-refractivity contribution in [2.45, 2.75) is 27.3 Å². The summed E-state index contributed by atoms with van der Waals surface area (Å²) in [4.78, 5) is 10.2. The highest BCUT2D eigenvalue weighted by molar-refractivity contribution is 5.58. The van der Waals surface area contributed by atoms with Crippen molar-refractivity contribution in [3.63, 3.8) is 0 Å². The highest BCUT2D eigenvalue weighted by atomic mass is 19.1. The number of nitrogens with zero attached hydrogens (tertiary/aromatic N) is 3. The van der Waals surface area contributed by atoms with Gasteiger partial charge in [0, 0.05) is 28.7 Å². The number of alkyl halides is 1. The molecule has 7 heteroatoms. The summed E-state index contributed by atoms with van der Waals surface area (Å²) in [6, 6.07) is 6.17. The standard InChI is InChI=1S/C15H19FN4O2/c1-15(2,3)12(8-16)9-19-10-14(17-18-19)11-4-6-13(7-5-11)20(21)22/h4-7,10,12H,8-9H2,1-3H3/p+1. The van der Waals surface area contributed by atoms with E-state index in [9.17, 15) is 14.5 Å². The lowest BCUT2D eigenvalue weighted by molar-refractivity contribution is -0.760. The summed E-state index contributed by atoms with van der Waals surface area (Å²) >= 11 is 0. The maximum Gasteiger partial charge on any atom is 0.269 e. The van der Waals surface area contributed by atoms with E-state index in [2.05, 4.69) is 10.3 Å². The van der Waals surface area contributed by atoms with Crippen LogP contribution in [0.4, 0.5) is 10.1 Å². The van der Waals surface area contributed by atoms with Crippen molar-refractivity contribution in [2.24, 2.45) is 11.3 Å². The van der Waals surface area contributed by atoms with Crippen molar-refractivity contribution in [1.82, 2.24) is 10.3 Å². The molecule has 0 saturated heterocycles. The van der Waals surface area contributed by atoms with E-state index in [4.69, 9.17) is 0 Å². The Hall–Kier alpha value is -2.31. The second-order valence-electron chi connectivity index (χ2n) is 6.40. The van der Waals surface area contributed by atoms with Gasteiger partial charge in [0.15, 0.2) is 6.20 Å². The van der Waals surface area contributed by atoms with Gasteiger partial charge in [0.2, 0.25) is 5.69 Å². The van der Waals surface area contributed by atoms with E-state index in [1.165, 1.54) is 12.1 Å². The first-order valence-corrected chi connectivity index (χ1v) is 7.07. The number of hydrogen-bond acceptors (Lipinski definition) is 3. The fourth-order valence-corrected chi connectivity index (χ4v) is 2.10. The SMILES string of the molecule is CC(C)(C)C(CF)C[n+]1cc(-c2ccc([N+](=O)[O-])cc2)n[nH]1. The molecule has 1 heterocycles. The number of nitrogens with one attached hydrogen (secondary N) is 1. The summed E-state index contributed by atoms with van der Waals surface area (Å²) in [5, 5.41) is 17.7. The van der Waals surface area contributed by atoms with E-state index in [-0.39, 0.29) is 17.0 Å². The zero-order valence-corrected chi connectivity index (χ0v) is 12.9. The maximum absolute atomic E-state index is 13.2. The molecule has 0 saturated carbocycles. The molecule has 2 aromatic rings. The third-order valence-corrected chi connectivity index (χ3v) is 3.78. The first kappa shape index (κ1) is 16.1. The van der Waals surface area contributed by atoms with E-state index in [1.54, 1.807) is 23.0 Å². The number of rotatable bonds is 5. The molecule has 0 aliphatic heterocycles. The minimum absolute atomic E-state index is 0.0392. The van der Waals surface area contributed by atoms with E-state index in [0.717, 1.165) is 5.56 Å². The zero-order valence-electron chi connectivity index (χ0n) is 12.9. The van der Waals surface area contributed by atoms with Crippen LogP contribution in [0.3, 0.4) is 0 Å². The average molecular weight is 307 g/mol. The lowest BCUT2D eigenvalue weighted by Crippen LogP contribution is -2.43. The van der Waals surface area contributed by atoms with Crippen LogP contribution in [0, 0.1) is 21.4 Å². The van der Waals surface area contributed by atoms with Gasteiger partial charge in [0.05, 0.1) is 11.6 Å². The zero-order chi connectivity index (χ0) is 16.3. The van der Waals surface area contributed by atoms with Gasteiger partial charge in [-0.25, -0.2) is 0 Å². The Bertz CT molecular complexity index is 646. The molecular weight excluding hydrogens is 287 g/mol. The summed E-state index contributed by atoms with van der Waals surface area (Å²) in [5.41, 5.74) is 1.34. The number of benzene rings is 1. The van der Waals surface area contributed by atoms with Gasteiger partial charge in [0.1, 0.15) is 6.54 Å². The number of halogens is 1. The minimum Gasteiger partial charge on any atom is -0.258 e. The van der Waals surface area contributed by atoms with Crippen LogP contribution in [0.1, 0.15) is 20.8 Å². The van der Waals surface area contributed by atoms with Crippen molar-refractivity contribution in [3.8, 4) is 11.3 Å². The van der Waals surface area contributed by atoms with Gasteiger partial charge in [-0.2, -0.15) is 4.68 Å². The van der Waals surface area contributed by atoms with Crippen LogP contribution in [0.15, 0.2) is 30.5 Å². The van der Waals surface area contributed by atoms with Crippen LogP contribution in [0.2, 0.25) is 0 Å². The summed E-state index contributed by atoms with van der Waals surface area (Å²) in [5.74, 6) is -0.123. The first-order valence-electron chi connectivity index (χ1n) is 7.07. The van der Waals surface area contributed by atoms with Crippen molar-refractivity contribution < 1.29 is 14.0 Å². The third-order valence-electron chi connectivity index (χ3n) is 3.78. The third kappa shape index (κ3) is 3.66. The molecule has 1 aromatic carbocycles. The average Bonchev–Trinajstić information content (AvgIpc) is 2.92. The molecule has 0 bridgehead atoms. The molecule has 0 radical (unpaired) electrons. The molecule has 6 nitrogen and oxygen atoms in total. The summed E-state index contributed by atoms with van der Waals surface area (Å²) in [7, 11) is 0. The molecule has 22 heavy (non-hydrogen) atoms. The first-order chi connectivity index (χ1) is 10.3. The summed E-state index contributed by atoms with van der Waals surface area (Å²) in [6.07, 6.45) is 1.79. The molecule has 118 valence electrons. The number of aromatic nitrogens is 3. The van der Waals surface area contributed by atoms with Gasteiger partial charge in [-0.1, -0.05) is 26.0 Å². The van der Waals surface area contributed by atoms with Crippen LogP contribution >= 0.6 is 0 Å². The Kier molecular flexibility index (Phi) is 4.54. The highest BCUT2D eigenvalue weighted by Gasteiger charge is 2.27. The van der Waals surface area contributed by atoms with Crippen molar-refractivity contribution in [2.75, 3.05) is 6.67 Å². The number of nitro benzene ring substituents is 1. The van der Waals surface area contributed by atoms with Crippen molar-refractivity contribution in [1.29, 1.82) is 0 Å². The number of aromatic amines is 1. The summed E-state index contributed by atoms with van der Waals surface area (Å²) < 4.78 is 14.9. The molecule has 0 aliphatic rings. The minimum atomic E-state index is -0.441. The van der Waals surface area contributed by atoms with Gasteiger partial charge in [-0.15, -0.1) is 0 Å². The number of nitro groups is 1. The Morgan fingerprint density at radius 1 is 1.36 bits per heavy atom. The predicted molar refractivity (Wildman–Crippen MR) is 79.8 cm³/mol. The molecule has 0 amide bonds. The van der Waals surface area contributed by atoms with Gasteiger partial charge in [-0.3, -0.25) is 14.5 Å². The Morgan fingerprint density at radius 2 is 2.00 bits per heavy atom. The summed E-state index contributed by atoms with van der Waals surface area (Å²) in [6.45, 7) is 6.12. The number of H-pyrrole nitrogens is 1. The number of hydrogen-bond donors (Lipinski definition) is 1. The number of non-ortho nitro benzene ring substituents is 1. The highest BCUT2D eigenvalue weighted by Crippen LogP contribution is 2.26. The quantitative estimate of drug-likeness (QED) is 0.524. The fourth-order valence-electron chi connectivity index (χ4n) is 2.10. The molecule has 1 atom stereocenters. The molecule has 0 aliphatic carbocycles. The van der Waals surface area contributed by atoms with Crippen molar-refractivity contribution >= 4 is 5.69 Å². The largest absolute Gasteiger partial charge is 0.269 e. The van der Waals surface area contributed by atoms with Gasteiger partial charge in [-0.05, 0) is 17.5 Å². The van der Waals surface area contributed by atoms with Crippen LogP contribution in [-0.4, -0.2) is 21.9 Å². The molecule has 1 N–H and O–H groups in total. The Morgan fingerprint density at radius 3 is 2.50 bits per heavy atom. The molecular formula is C15H20FN4O2+. The molecule has 2 rings (SSSR count). The molecule has 0 fully saturated rings. The molecule has 0 spiro atoms. The fraction of sp³-hybridized carbons (Fsp3) is 0.467. The van der Waals surface area contributed by atoms with Crippen LogP contribution in [0.25, 0.3) is 11.3 Å². The van der Waals surface area contributed by atoms with Crippen LogP contribution in [0.5, 0.6) is 0 Å². The van der Waals surface area contributed by atoms with Crippen molar-refractivity contribution in [3.05, 3.63) is 40.6 Å². The predicted octanol–water partition coefficient (Wildman–Crippen LogP) is 2.90. The normalized spacial score (nSPS) is 13.1. The van der Waals surface area contributed by atoms with E-state index in [0.29, 0.717) is 12.2 Å². The van der Waals surface area contributed by atoms with Gasteiger partial charge < -0.3 is 0 Å². The smallest absolute Gasteiger partial charge is 0.258 e. The van der Waals surface area contributed by atoms with E-state index >= 15 is 0 Å². The molecule has 1 unspecified atom stereocenters. The Balaban J connectivity index is 2.15. The van der Waals surface area contributed by atoms with E-state index < -0.39 is 11.6 Å². The van der Waals surface area contributed by atoms with Crippen LogP contribution < -0.4 is 4.68 Å². The maximum atomic E-state index is 13.2. The topological polar surface area (TPSA) is 75.7 Å². The Labute approximate surface area is 128 Å². The second-order valence-corrected chi connectivity index (χ2v) is 6.40. The van der Waals surface area contributed by atoms with Crippen LogP contribution in [-0.2, 0) is 6.54 Å². The van der Waals surface area contributed by atoms with Gasteiger partial charge in [0.25, 0.3) is 5.69 Å². The lowest BCUT2D eigenvalue weighted by atomic mass is 9.81. The lowest BCUT2D eigenvalue weighted by Gasteiger charge is -2.26. The molecule has 1 aromatic heterocycles. The van der Waals surface area contributed by atoms with E-state index in [1.807, 2.05) is 20.8 Å². The second kappa shape index (κ2) is 6.21.